The number of amides is 2. The van der Waals surface area contributed by atoms with Gasteiger partial charge in [-0.3, -0.25) is 24.5 Å². The van der Waals surface area contributed by atoms with Gasteiger partial charge >= 0.3 is 0 Å². The highest BCUT2D eigenvalue weighted by Gasteiger charge is 2.63. The third-order valence-corrected chi connectivity index (χ3v) is 9.15. The number of carbonyl (C=O) groups excluding carboxylic acids is 2. The van der Waals surface area contributed by atoms with Crippen LogP contribution in [0, 0.1) is 16.0 Å². The molecule has 0 saturated carbocycles. The number of nitro benzene ring substituents is 1. The number of carbonyl (C=O) groups is 2. The molecule has 0 aliphatic carbocycles. The molecule has 3 aliphatic rings. The van der Waals surface area contributed by atoms with E-state index in [0.717, 1.165) is 4.90 Å². The minimum Gasteiger partial charge on any atom is -0.497 e. The summed E-state index contributed by atoms with van der Waals surface area (Å²) in [7, 11) is 3.43. The van der Waals surface area contributed by atoms with Crippen molar-refractivity contribution in [2.24, 2.45) is 5.92 Å². The van der Waals surface area contributed by atoms with Gasteiger partial charge in [0.05, 0.1) is 35.2 Å². The Morgan fingerprint density at radius 3 is 2.25 bits per heavy atom. The first-order valence-corrected chi connectivity index (χ1v) is 12.5. The van der Waals surface area contributed by atoms with Gasteiger partial charge in [0.25, 0.3) is 11.6 Å². The number of benzene rings is 2. The molecule has 3 heterocycles. The van der Waals surface area contributed by atoms with Crippen molar-refractivity contribution in [3.63, 3.8) is 0 Å². The molecule has 3 saturated heterocycles. The third kappa shape index (κ3) is 3.67. The maximum absolute atomic E-state index is 13.8. The lowest BCUT2D eigenvalue weighted by molar-refractivity contribution is -0.384. The van der Waals surface area contributed by atoms with Gasteiger partial charge in [0.15, 0.2) is 6.10 Å². The van der Waals surface area contributed by atoms with Crippen molar-refractivity contribution in [3.05, 3.63) is 64.2 Å². The highest BCUT2D eigenvalue weighted by atomic mass is 32.2. The maximum atomic E-state index is 13.8. The van der Waals surface area contributed by atoms with Crippen LogP contribution in [-0.4, -0.2) is 62.2 Å². The van der Waals surface area contributed by atoms with Crippen molar-refractivity contribution >= 4 is 51.5 Å². The Morgan fingerprint density at radius 1 is 1.08 bits per heavy atom. The van der Waals surface area contributed by atoms with Gasteiger partial charge in [-0.25, -0.2) is 4.90 Å². The lowest BCUT2D eigenvalue weighted by atomic mass is 9.90. The van der Waals surface area contributed by atoms with E-state index in [4.69, 9.17) is 21.8 Å². The topological polar surface area (TPSA) is 105 Å². The number of rotatable bonds is 5. The molecule has 0 unspecified atom stereocenters. The number of methoxy groups -OCH3 is 1. The molecule has 2 aromatic carbocycles. The molecule has 36 heavy (non-hydrogen) atoms. The number of hydrogen-bond donors (Lipinski definition) is 0. The van der Waals surface area contributed by atoms with Crippen LogP contribution in [0.4, 0.5) is 11.4 Å². The van der Waals surface area contributed by atoms with Crippen molar-refractivity contribution in [2.75, 3.05) is 19.1 Å². The Balaban J connectivity index is 1.56. The Kier molecular flexibility index (Phi) is 6.02. The number of likely N-dealkylation sites (N-methyl/N-ethyl adjacent to an activating group) is 1. The van der Waals surface area contributed by atoms with Gasteiger partial charge in [-0.15, -0.1) is 0 Å². The fourth-order valence-corrected chi connectivity index (χ4v) is 6.68. The lowest BCUT2D eigenvalue weighted by Gasteiger charge is -2.39. The van der Waals surface area contributed by atoms with E-state index in [1.807, 2.05) is 25.8 Å². The number of hydroxylamine groups is 2. The van der Waals surface area contributed by atoms with Crippen LogP contribution < -0.4 is 9.64 Å². The number of ether oxygens (including phenoxy) is 1. The summed E-state index contributed by atoms with van der Waals surface area (Å²) in [4.78, 5) is 47.4. The summed E-state index contributed by atoms with van der Waals surface area (Å²) < 4.78 is 5.86. The molecular weight excluding hydrogens is 504 g/mol. The molecule has 3 aliphatic heterocycles. The number of thioether (sulfide) groups is 1. The first kappa shape index (κ1) is 24.6. The maximum Gasteiger partial charge on any atom is 0.269 e. The molecule has 2 amide bonds. The molecule has 4 atom stereocenters. The van der Waals surface area contributed by atoms with Crippen LogP contribution in [0.25, 0.3) is 0 Å². The highest BCUT2D eigenvalue weighted by Crippen LogP contribution is 2.52. The van der Waals surface area contributed by atoms with E-state index in [2.05, 4.69) is 0 Å². The van der Waals surface area contributed by atoms with Crippen molar-refractivity contribution < 1.29 is 24.1 Å². The van der Waals surface area contributed by atoms with Crippen LogP contribution in [0.15, 0.2) is 48.5 Å². The van der Waals surface area contributed by atoms with Gasteiger partial charge in [-0.05, 0) is 43.7 Å². The highest BCUT2D eigenvalue weighted by molar-refractivity contribution is 8.23. The summed E-state index contributed by atoms with van der Waals surface area (Å²) in [6, 6.07) is 12.0. The monoisotopic (exact) mass is 528 g/mol. The summed E-state index contributed by atoms with van der Waals surface area (Å²) in [6.45, 7) is 4.03. The Labute approximate surface area is 217 Å². The smallest absolute Gasteiger partial charge is 0.269 e. The Hall–Kier alpha value is -3.06. The first-order chi connectivity index (χ1) is 17.1. The summed E-state index contributed by atoms with van der Waals surface area (Å²) in [6.07, 6.45) is -1.03. The van der Waals surface area contributed by atoms with Crippen LogP contribution in [0.1, 0.15) is 25.5 Å². The van der Waals surface area contributed by atoms with E-state index in [1.54, 1.807) is 41.5 Å². The van der Waals surface area contributed by atoms with Gasteiger partial charge in [0, 0.05) is 19.2 Å². The van der Waals surface area contributed by atoms with Crippen LogP contribution in [0.3, 0.4) is 0 Å². The van der Waals surface area contributed by atoms with E-state index in [-0.39, 0.29) is 11.1 Å². The second kappa shape index (κ2) is 8.80. The number of thiocarbonyl (C=S) groups is 1. The largest absolute Gasteiger partial charge is 0.497 e. The Bertz CT molecular complexity index is 1250. The molecule has 10 nitrogen and oxygen atoms in total. The number of nitro groups is 1. The van der Waals surface area contributed by atoms with Crippen LogP contribution in [-0.2, 0) is 14.4 Å². The fraction of sp³-hybridized carbons (Fsp3) is 0.375. The second-order valence-electron chi connectivity index (χ2n) is 9.36. The average Bonchev–Trinajstić information content (AvgIpc) is 3.43. The number of anilines is 1. The summed E-state index contributed by atoms with van der Waals surface area (Å²) in [5.41, 5.74) is 0.532. The molecule has 5 rings (SSSR count). The molecular formula is C24H24N4O6S2. The van der Waals surface area contributed by atoms with Crippen molar-refractivity contribution in [2.45, 2.75) is 36.9 Å². The zero-order valence-electron chi connectivity index (χ0n) is 20.0. The summed E-state index contributed by atoms with van der Waals surface area (Å²) in [5.74, 6) is -1.08. The molecule has 0 aromatic heterocycles. The summed E-state index contributed by atoms with van der Waals surface area (Å²) >= 11 is 6.96. The number of non-ortho nitro benzene ring substituents is 1. The molecule has 2 aromatic rings. The SMILES string of the molecule is COc1ccc(N2C(=O)[C@H]3[C@@H](c4ccc([N+](=O)[O-])cc4)N([C@@H]4SC(=S)N(C)C4(C)C)O[C@H]3C2=O)cc1. The van der Waals surface area contributed by atoms with Crippen molar-refractivity contribution in [3.8, 4) is 5.75 Å². The molecule has 12 heteroatoms. The number of nitrogens with zero attached hydrogens (tertiary/aromatic N) is 4. The minimum absolute atomic E-state index is 0.0640. The summed E-state index contributed by atoms with van der Waals surface area (Å²) in [5, 5.41) is 12.6. The average molecular weight is 529 g/mol. The molecule has 0 N–H and O–H groups in total. The van der Waals surface area contributed by atoms with Gasteiger partial charge in [0.1, 0.15) is 15.4 Å². The van der Waals surface area contributed by atoms with Gasteiger partial charge in [-0.2, -0.15) is 5.06 Å². The molecule has 3 fully saturated rings. The normalized spacial score (nSPS) is 27.6. The number of fused-ring (bicyclic) bond motifs is 1. The van der Waals surface area contributed by atoms with Crippen molar-refractivity contribution in [1.29, 1.82) is 0 Å². The number of imide groups is 1. The van der Waals surface area contributed by atoms with Gasteiger partial charge < -0.3 is 9.64 Å². The van der Waals surface area contributed by atoms with E-state index >= 15 is 0 Å². The molecule has 188 valence electrons. The number of hydrogen-bond acceptors (Lipinski definition) is 9. The van der Waals surface area contributed by atoms with Gasteiger partial charge in [-0.1, -0.05) is 36.1 Å². The van der Waals surface area contributed by atoms with E-state index in [9.17, 15) is 19.7 Å². The van der Waals surface area contributed by atoms with Crippen molar-refractivity contribution in [1.82, 2.24) is 9.96 Å². The zero-order chi connectivity index (χ0) is 25.9. The minimum atomic E-state index is -1.03. The Morgan fingerprint density at radius 2 is 1.72 bits per heavy atom. The quantitative estimate of drug-likeness (QED) is 0.248. The fourth-order valence-electron chi connectivity index (χ4n) is 4.85. The standard InChI is InChI=1S/C24H24N4O6S2/c1-24(2)22(36-23(35)25(24)3)27-18(13-5-7-15(8-6-13)28(31)32)17-19(34-27)21(30)26(20(17)29)14-9-11-16(33-4)12-10-14/h5-12,17-19,22H,1-4H3/t17-,18+,19+,22+/m0/s1. The van der Waals surface area contributed by atoms with E-state index < -0.39 is 40.3 Å². The first-order valence-electron chi connectivity index (χ1n) is 11.2. The molecule has 0 spiro atoms. The van der Waals surface area contributed by atoms with E-state index in [0.29, 0.717) is 21.3 Å². The van der Waals surface area contributed by atoms with Gasteiger partial charge in [0.2, 0.25) is 5.91 Å². The lowest BCUT2D eigenvalue weighted by Crippen LogP contribution is -2.51. The van der Waals surface area contributed by atoms with Crippen LogP contribution in [0.2, 0.25) is 0 Å². The van der Waals surface area contributed by atoms with Crippen LogP contribution in [0.5, 0.6) is 5.75 Å². The zero-order valence-corrected chi connectivity index (χ0v) is 21.6. The predicted molar refractivity (Wildman–Crippen MR) is 137 cm³/mol. The van der Waals surface area contributed by atoms with E-state index in [1.165, 1.54) is 31.0 Å². The third-order valence-electron chi connectivity index (χ3n) is 7.11. The second-order valence-corrected chi connectivity index (χ2v) is 11.1. The van der Waals surface area contributed by atoms with Crippen LogP contribution >= 0.6 is 24.0 Å². The predicted octanol–water partition coefficient (Wildman–Crippen LogP) is 3.52. The molecule has 0 radical (unpaired) electrons. The molecule has 0 bridgehead atoms.